The summed E-state index contributed by atoms with van der Waals surface area (Å²) in [6, 6.07) is 1.81. The van der Waals surface area contributed by atoms with Crippen LogP contribution in [0, 0.1) is 0 Å². The van der Waals surface area contributed by atoms with Crippen LogP contribution >= 0.6 is 0 Å². The van der Waals surface area contributed by atoms with Crippen molar-refractivity contribution in [2.24, 2.45) is 0 Å². The van der Waals surface area contributed by atoms with Gasteiger partial charge in [-0.2, -0.15) is 0 Å². The Morgan fingerprint density at radius 2 is 2.25 bits per heavy atom. The summed E-state index contributed by atoms with van der Waals surface area (Å²) < 4.78 is 5.15. The highest BCUT2D eigenvalue weighted by Crippen LogP contribution is 2.17. The molecule has 0 saturated heterocycles. The lowest BCUT2D eigenvalue weighted by atomic mass is 10.1. The predicted octanol–water partition coefficient (Wildman–Crippen LogP) is 2.40. The van der Waals surface area contributed by atoms with Crippen molar-refractivity contribution >= 4 is 11.6 Å². The van der Waals surface area contributed by atoms with Crippen molar-refractivity contribution in [3.63, 3.8) is 0 Å². The van der Waals surface area contributed by atoms with Crippen molar-refractivity contribution in [3.8, 4) is 0 Å². The fraction of sp³-hybridized carbons (Fsp3) is 0.600. The van der Waals surface area contributed by atoms with Crippen molar-refractivity contribution in [2.75, 3.05) is 32.1 Å². The minimum Gasteiger partial charge on any atom is -0.383 e. The fourth-order valence-corrected chi connectivity index (χ4v) is 2.12. The number of hydrogen-bond acceptors (Lipinski definition) is 4. The molecule has 1 aromatic heterocycles. The summed E-state index contributed by atoms with van der Waals surface area (Å²) in [5, 5.41) is 3.25. The van der Waals surface area contributed by atoms with E-state index in [1.54, 1.807) is 25.6 Å². The van der Waals surface area contributed by atoms with Crippen LogP contribution in [0.2, 0.25) is 0 Å². The molecule has 0 spiro atoms. The van der Waals surface area contributed by atoms with Gasteiger partial charge in [-0.15, -0.1) is 0 Å². The van der Waals surface area contributed by atoms with Gasteiger partial charge in [0.25, 0.3) is 5.91 Å². The minimum atomic E-state index is 0.0121. The van der Waals surface area contributed by atoms with E-state index in [0.29, 0.717) is 18.7 Å². The van der Waals surface area contributed by atoms with Gasteiger partial charge in [0.05, 0.1) is 30.1 Å². The second kappa shape index (κ2) is 8.53. The fourth-order valence-electron chi connectivity index (χ4n) is 2.12. The van der Waals surface area contributed by atoms with E-state index in [1.807, 2.05) is 18.7 Å². The molecule has 0 bridgehead atoms. The molecule has 1 N–H and O–H groups in total. The third kappa shape index (κ3) is 4.20. The van der Waals surface area contributed by atoms with Gasteiger partial charge in [-0.05, 0) is 26.3 Å². The summed E-state index contributed by atoms with van der Waals surface area (Å²) >= 11 is 0. The summed E-state index contributed by atoms with van der Waals surface area (Å²) in [6.07, 6.45) is 4.36. The first-order valence-electron chi connectivity index (χ1n) is 7.13. The van der Waals surface area contributed by atoms with Crippen LogP contribution in [0.3, 0.4) is 0 Å². The normalized spacial score (nSPS) is 12.0. The van der Waals surface area contributed by atoms with Gasteiger partial charge in [0.15, 0.2) is 0 Å². The van der Waals surface area contributed by atoms with Crippen LogP contribution in [-0.2, 0) is 4.74 Å². The summed E-state index contributed by atoms with van der Waals surface area (Å²) in [4.78, 5) is 18.6. The average Bonchev–Trinajstić information content (AvgIpc) is 2.46. The van der Waals surface area contributed by atoms with E-state index < -0.39 is 0 Å². The molecule has 1 heterocycles. The molecule has 1 unspecified atom stereocenters. The molecule has 5 heteroatoms. The maximum absolute atomic E-state index is 12.7. The zero-order valence-electron chi connectivity index (χ0n) is 12.8. The number of anilines is 1. The second-order valence-corrected chi connectivity index (χ2v) is 4.74. The largest absolute Gasteiger partial charge is 0.383 e. The molecule has 1 aromatic rings. The number of likely N-dealkylation sites (N-methyl/N-ethyl adjacent to an activating group) is 1. The van der Waals surface area contributed by atoms with Gasteiger partial charge >= 0.3 is 0 Å². The van der Waals surface area contributed by atoms with Crippen LogP contribution in [0.15, 0.2) is 18.5 Å². The maximum Gasteiger partial charge on any atom is 0.256 e. The first-order valence-corrected chi connectivity index (χ1v) is 7.13. The Labute approximate surface area is 121 Å². The number of nitrogens with zero attached hydrogens (tertiary/aromatic N) is 2. The lowest BCUT2D eigenvalue weighted by molar-refractivity contribution is 0.0580. The first kappa shape index (κ1) is 16.4. The van der Waals surface area contributed by atoms with Gasteiger partial charge in [-0.3, -0.25) is 9.78 Å². The highest BCUT2D eigenvalue weighted by atomic mass is 16.5. The highest BCUT2D eigenvalue weighted by Gasteiger charge is 2.22. The maximum atomic E-state index is 12.7. The smallest absolute Gasteiger partial charge is 0.256 e. The Kier molecular flexibility index (Phi) is 7.01. The van der Waals surface area contributed by atoms with E-state index in [1.165, 1.54) is 0 Å². The molecule has 0 aliphatic carbocycles. The molecule has 0 fully saturated rings. The van der Waals surface area contributed by atoms with Crippen molar-refractivity contribution < 1.29 is 9.53 Å². The van der Waals surface area contributed by atoms with Crippen LogP contribution in [0.5, 0.6) is 0 Å². The summed E-state index contributed by atoms with van der Waals surface area (Å²) in [7, 11) is 1.65. The molecule has 0 aliphatic heterocycles. The monoisotopic (exact) mass is 279 g/mol. The van der Waals surface area contributed by atoms with Gasteiger partial charge in [0, 0.05) is 26.4 Å². The van der Waals surface area contributed by atoms with E-state index >= 15 is 0 Å². The van der Waals surface area contributed by atoms with Crippen molar-refractivity contribution in [2.45, 2.75) is 33.2 Å². The molecule has 20 heavy (non-hydrogen) atoms. The number of nitrogens with one attached hydrogen (secondary N) is 1. The predicted molar refractivity (Wildman–Crippen MR) is 81.1 cm³/mol. The molecule has 5 nitrogen and oxygen atoms in total. The summed E-state index contributed by atoms with van der Waals surface area (Å²) in [5.41, 5.74) is 1.46. The number of aromatic nitrogens is 1. The number of rotatable bonds is 8. The molecule has 1 rings (SSSR count). The molecule has 0 saturated carbocycles. The zero-order valence-corrected chi connectivity index (χ0v) is 12.8. The number of carbonyl (C=O) groups excluding carboxylic acids is 1. The Morgan fingerprint density at radius 1 is 1.50 bits per heavy atom. The lowest BCUT2D eigenvalue weighted by Crippen LogP contribution is -2.41. The summed E-state index contributed by atoms with van der Waals surface area (Å²) in [5.74, 6) is 0.0121. The van der Waals surface area contributed by atoms with Gasteiger partial charge in [0.2, 0.25) is 0 Å². The number of methoxy groups -OCH3 is 1. The van der Waals surface area contributed by atoms with E-state index in [9.17, 15) is 4.79 Å². The zero-order chi connectivity index (χ0) is 15.0. The Bertz CT molecular complexity index is 423. The van der Waals surface area contributed by atoms with Crippen LogP contribution in [-0.4, -0.2) is 48.6 Å². The molecular weight excluding hydrogens is 254 g/mol. The quantitative estimate of drug-likeness (QED) is 0.794. The molecule has 0 radical (unpaired) electrons. The molecule has 1 atom stereocenters. The van der Waals surface area contributed by atoms with Crippen molar-refractivity contribution in [1.29, 1.82) is 0 Å². The number of amides is 1. The Morgan fingerprint density at radius 3 is 2.85 bits per heavy atom. The van der Waals surface area contributed by atoms with Crippen LogP contribution in [0.1, 0.15) is 37.6 Å². The van der Waals surface area contributed by atoms with Crippen LogP contribution in [0.4, 0.5) is 5.69 Å². The van der Waals surface area contributed by atoms with Gasteiger partial charge in [-0.1, -0.05) is 6.92 Å². The number of carbonyl (C=O) groups is 1. The average molecular weight is 279 g/mol. The van der Waals surface area contributed by atoms with E-state index in [0.717, 1.165) is 18.7 Å². The number of ether oxygens (including phenoxy) is 1. The molecule has 112 valence electrons. The van der Waals surface area contributed by atoms with Crippen LogP contribution in [0.25, 0.3) is 0 Å². The highest BCUT2D eigenvalue weighted by molar-refractivity contribution is 5.99. The topological polar surface area (TPSA) is 54.5 Å². The van der Waals surface area contributed by atoms with E-state index in [-0.39, 0.29) is 11.9 Å². The number of pyridine rings is 1. The Balaban J connectivity index is 2.94. The molecule has 1 amide bonds. The molecule has 0 aliphatic rings. The standard InChI is InChI=1S/C15H25N3O2/c1-5-8-17-14-10-16-9-7-13(14)15(19)18(6-2)12(3)11-20-4/h7,9-10,12,17H,5-6,8,11H2,1-4H3. The SMILES string of the molecule is CCCNc1cnccc1C(=O)N(CC)C(C)COC. The van der Waals surface area contributed by atoms with E-state index in [2.05, 4.69) is 17.2 Å². The second-order valence-electron chi connectivity index (χ2n) is 4.74. The minimum absolute atomic E-state index is 0.0121. The lowest BCUT2D eigenvalue weighted by Gasteiger charge is -2.28. The van der Waals surface area contributed by atoms with Gasteiger partial charge in [-0.25, -0.2) is 0 Å². The first-order chi connectivity index (χ1) is 9.65. The number of hydrogen-bond donors (Lipinski definition) is 1. The molecular formula is C15H25N3O2. The Hall–Kier alpha value is -1.62. The molecule has 0 aromatic carbocycles. The van der Waals surface area contributed by atoms with Crippen molar-refractivity contribution in [1.82, 2.24) is 9.88 Å². The third-order valence-electron chi connectivity index (χ3n) is 3.16. The van der Waals surface area contributed by atoms with Gasteiger partial charge < -0.3 is 15.0 Å². The third-order valence-corrected chi connectivity index (χ3v) is 3.16. The van der Waals surface area contributed by atoms with Gasteiger partial charge in [0.1, 0.15) is 0 Å². The summed E-state index contributed by atoms with van der Waals surface area (Å²) in [6.45, 7) is 8.06. The van der Waals surface area contributed by atoms with E-state index in [4.69, 9.17) is 4.74 Å². The van der Waals surface area contributed by atoms with Crippen LogP contribution < -0.4 is 5.32 Å². The van der Waals surface area contributed by atoms with Crippen molar-refractivity contribution in [3.05, 3.63) is 24.0 Å².